The van der Waals surface area contributed by atoms with Gasteiger partial charge in [-0.05, 0) is 17.7 Å². The highest BCUT2D eigenvalue weighted by Crippen LogP contribution is 2.17. The van der Waals surface area contributed by atoms with Gasteiger partial charge in [0.2, 0.25) is 0 Å². The Labute approximate surface area is 98.3 Å². The van der Waals surface area contributed by atoms with E-state index in [1.165, 1.54) is 0 Å². The van der Waals surface area contributed by atoms with Crippen LogP contribution >= 0.6 is 0 Å². The first-order valence-electron chi connectivity index (χ1n) is 5.27. The second-order valence-corrected chi connectivity index (χ2v) is 9.45. The molecule has 0 aromatic heterocycles. The Morgan fingerprint density at radius 3 is 2.19 bits per heavy atom. The molecule has 0 saturated heterocycles. The summed E-state index contributed by atoms with van der Waals surface area (Å²) in [6.45, 7) is 6.46. The SMILES string of the molecule is COc1ccc([C@H](O)C#C[Si](C)(C)C)cc1. The van der Waals surface area contributed by atoms with E-state index in [1.807, 2.05) is 24.3 Å². The molecular weight excluding hydrogens is 216 g/mol. The molecule has 1 atom stereocenters. The maximum absolute atomic E-state index is 9.86. The lowest BCUT2D eigenvalue weighted by Gasteiger charge is -2.07. The van der Waals surface area contributed by atoms with E-state index in [0.717, 1.165) is 11.3 Å². The summed E-state index contributed by atoms with van der Waals surface area (Å²) in [4.78, 5) is 0. The molecule has 16 heavy (non-hydrogen) atoms. The highest BCUT2D eigenvalue weighted by Gasteiger charge is 2.09. The monoisotopic (exact) mass is 234 g/mol. The molecule has 1 aromatic carbocycles. The van der Waals surface area contributed by atoms with E-state index in [9.17, 15) is 5.11 Å². The molecule has 0 bridgehead atoms. The van der Waals surface area contributed by atoms with Crippen molar-refractivity contribution in [2.24, 2.45) is 0 Å². The van der Waals surface area contributed by atoms with Gasteiger partial charge in [0.05, 0.1) is 7.11 Å². The van der Waals surface area contributed by atoms with Gasteiger partial charge in [-0.25, -0.2) is 0 Å². The zero-order valence-corrected chi connectivity index (χ0v) is 11.2. The van der Waals surface area contributed by atoms with Crippen LogP contribution in [0.15, 0.2) is 24.3 Å². The molecule has 1 aromatic rings. The molecule has 0 aliphatic carbocycles. The molecule has 0 unspecified atom stereocenters. The lowest BCUT2D eigenvalue weighted by Crippen LogP contribution is -2.16. The van der Waals surface area contributed by atoms with Crippen molar-refractivity contribution < 1.29 is 9.84 Å². The fourth-order valence-electron chi connectivity index (χ4n) is 1.15. The van der Waals surface area contributed by atoms with Crippen molar-refractivity contribution in [1.29, 1.82) is 0 Å². The zero-order valence-electron chi connectivity index (χ0n) is 10.2. The van der Waals surface area contributed by atoms with E-state index < -0.39 is 14.2 Å². The van der Waals surface area contributed by atoms with Gasteiger partial charge < -0.3 is 9.84 Å². The number of benzene rings is 1. The Hall–Kier alpha value is -1.24. The van der Waals surface area contributed by atoms with Crippen LogP contribution in [0, 0.1) is 11.5 Å². The van der Waals surface area contributed by atoms with E-state index in [-0.39, 0.29) is 0 Å². The van der Waals surface area contributed by atoms with Gasteiger partial charge in [-0.2, -0.15) is 0 Å². The van der Waals surface area contributed by atoms with Crippen LogP contribution in [0.4, 0.5) is 0 Å². The Balaban J connectivity index is 2.79. The summed E-state index contributed by atoms with van der Waals surface area (Å²) in [5, 5.41) is 9.86. The smallest absolute Gasteiger partial charge is 0.139 e. The Morgan fingerprint density at radius 2 is 1.75 bits per heavy atom. The predicted molar refractivity (Wildman–Crippen MR) is 69.1 cm³/mol. The molecule has 0 aliphatic rings. The topological polar surface area (TPSA) is 29.5 Å². The van der Waals surface area contributed by atoms with Crippen LogP contribution in [0.1, 0.15) is 11.7 Å². The van der Waals surface area contributed by atoms with Crippen molar-refractivity contribution in [3.05, 3.63) is 29.8 Å². The molecule has 0 aliphatic heterocycles. The third-order valence-corrected chi connectivity index (χ3v) is 2.91. The van der Waals surface area contributed by atoms with Gasteiger partial charge in [-0.1, -0.05) is 37.7 Å². The van der Waals surface area contributed by atoms with Crippen molar-refractivity contribution in [2.75, 3.05) is 7.11 Å². The van der Waals surface area contributed by atoms with Crippen LogP contribution in [0.5, 0.6) is 5.75 Å². The highest BCUT2D eigenvalue weighted by molar-refractivity contribution is 6.83. The first-order chi connectivity index (χ1) is 7.42. The number of hydrogen-bond acceptors (Lipinski definition) is 2. The van der Waals surface area contributed by atoms with Crippen LogP contribution < -0.4 is 4.74 Å². The molecule has 0 fully saturated rings. The predicted octanol–water partition coefficient (Wildman–Crippen LogP) is 2.61. The van der Waals surface area contributed by atoms with Gasteiger partial charge in [-0.3, -0.25) is 0 Å². The summed E-state index contributed by atoms with van der Waals surface area (Å²) in [5.74, 6) is 3.69. The standard InChI is InChI=1S/C13H18O2Si/c1-15-12-7-5-11(6-8-12)13(14)9-10-16(2,3)4/h5-8,13-14H,1-4H3/t13-/m1/s1. The Bertz CT molecular complexity index is 393. The summed E-state index contributed by atoms with van der Waals surface area (Å²) >= 11 is 0. The third kappa shape index (κ3) is 4.09. The van der Waals surface area contributed by atoms with Crippen molar-refractivity contribution in [3.8, 4) is 17.2 Å². The fourth-order valence-corrected chi connectivity index (χ4v) is 1.72. The first kappa shape index (κ1) is 12.8. The fraction of sp³-hybridized carbons (Fsp3) is 0.385. The van der Waals surface area contributed by atoms with E-state index in [4.69, 9.17) is 4.74 Å². The molecule has 2 nitrogen and oxygen atoms in total. The maximum Gasteiger partial charge on any atom is 0.139 e. The molecular formula is C13H18O2Si. The number of hydrogen-bond donors (Lipinski definition) is 1. The molecule has 1 rings (SSSR count). The molecule has 3 heteroatoms. The molecule has 0 spiro atoms. The van der Waals surface area contributed by atoms with Crippen LogP contribution in [0.3, 0.4) is 0 Å². The zero-order chi connectivity index (χ0) is 12.2. The largest absolute Gasteiger partial charge is 0.497 e. The molecule has 86 valence electrons. The summed E-state index contributed by atoms with van der Waals surface area (Å²) in [6.07, 6.45) is -0.697. The number of aliphatic hydroxyl groups is 1. The van der Waals surface area contributed by atoms with Crippen LogP contribution in [-0.2, 0) is 0 Å². The van der Waals surface area contributed by atoms with Gasteiger partial charge in [-0.15, -0.1) is 5.54 Å². The van der Waals surface area contributed by atoms with E-state index in [1.54, 1.807) is 7.11 Å². The van der Waals surface area contributed by atoms with Crippen molar-refractivity contribution >= 4 is 8.07 Å². The molecule has 0 amide bonds. The van der Waals surface area contributed by atoms with Crippen LogP contribution in [0.25, 0.3) is 0 Å². The molecule has 0 radical (unpaired) electrons. The van der Waals surface area contributed by atoms with Gasteiger partial charge >= 0.3 is 0 Å². The van der Waals surface area contributed by atoms with Gasteiger partial charge in [0.1, 0.15) is 19.9 Å². The molecule has 0 heterocycles. The van der Waals surface area contributed by atoms with Crippen molar-refractivity contribution in [2.45, 2.75) is 25.7 Å². The van der Waals surface area contributed by atoms with Crippen molar-refractivity contribution in [3.63, 3.8) is 0 Å². The minimum atomic E-state index is -1.42. The lowest BCUT2D eigenvalue weighted by atomic mass is 10.1. The highest BCUT2D eigenvalue weighted by atomic mass is 28.3. The molecule has 0 saturated carbocycles. The van der Waals surface area contributed by atoms with E-state index in [2.05, 4.69) is 31.1 Å². The molecule has 1 N–H and O–H groups in total. The summed E-state index contributed by atoms with van der Waals surface area (Å²) < 4.78 is 5.05. The summed E-state index contributed by atoms with van der Waals surface area (Å²) in [6, 6.07) is 7.33. The number of rotatable bonds is 2. The van der Waals surface area contributed by atoms with E-state index >= 15 is 0 Å². The second kappa shape index (κ2) is 5.20. The third-order valence-electron chi connectivity index (χ3n) is 2.02. The minimum absolute atomic E-state index is 0.697. The maximum atomic E-state index is 9.86. The number of ether oxygens (including phenoxy) is 1. The van der Waals surface area contributed by atoms with Gasteiger partial charge in [0.25, 0.3) is 0 Å². The van der Waals surface area contributed by atoms with Gasteiger partial charge in [0, 0.05) is 0 Å². The van der Waals surface area contributed by atoms with Crippen molar-refractivity contribution in [1.82, 2.24) is 0 Å². The Morgan fingerprint density at radius 1 is 1.19 bits per heavy atom. The average Bonchev–Trinajstić information content (AvgIpc) is 2.25. The average molecular weight is 234 g/mol. The minimum Gasteiger partial charge on any atom is -0.497 e. The quantitative estimate of drug-likeness (QED) is 0.629. The number of methoxy groups -OCH3 is 1. The van der Waals surface area contributed by atoms with E-state index in [0.29, 0.717) is 0 Å². The normalized spacial score (nSPS) is 12.6. The summed E-state index contributed by atoms with van der Waals surface area (Å²) in [5.41, 5.74) is 3.97. The van der Waals surface area contributed by atoms with Crippen LogP contribution in [-0.4, -0.2) is 20.3 Å². The Kier molecular flexibility index (Phi) is 4.16. The second-order valence-electron chi connectivity index (χ2n) is 4.70. The first-order valence-corrected chi connectivity index (χ1v) is 8.77. The van der Waals surface area contributed by atoms with Crippen LogP contribution in [0.2, 0.25) is 19.6 Å². The summed E-state index contributed by atoms with van der Waals surface area (Å²) in [7, 11) is 0.205. The van der Waals surface area contributed by atoms with Gasteiger partial charge in [0.15, 0.2) is 0 Å². The number of aliphatic hydroxyl groups excluding tert-OH is 1. The lowest BCUT2D eigenvalue weighted by molar-refractivity contribution is 0.238.